The van der Waals surface area contributed by atoms with Crippen molar-refractivity contribution in [2.24, 2.45) is 4.99 Å². The van der Waals surface area contributed by atoms with Crippen molar-refractivity contribution in [3.63, 3.8) is 0 Å². The molecular formula is C33H30BrClN2O7S. The van der Waals surface area contributed by atoms with Gasteiger partial charge in [0.05, 0.1) is 48.6 Å². The van der Waals surface area contributed by atoms with E-state index in [4.69, 9.17) is 35.3 Å². The second-order valence-electron chi connectivity index (χ2n) is 9.70. The lowest BCUT2D eigenvalue weighted by atomic mass is 9.97. The predicted octanol–water partition coefficient (Wildman–Crippen LogP) is 5.82. The van der Waals surface area contributed by atoms with Crippen LogP contribution in [-0.2, 0) is 16.1 Å². The van der Waals surface area contributed by atoms with Gasteiger partial charge in [-0.25, -0.2) is 9.79 Å². The Labute approximate surface area is 277 Å². The Morgan fingerprint density at radius 1 is 1.00 bits per heavy atom. The number of carbonyl (C=O) groups excluding carboxylic acids is 1. The van der Waals surface area contributed by atoms with Crippen LogP contribution in [-0.4, -0.2) is 38.0 Å². The van der Waals surface area contributed by atoms with E-state index in [1.807, 2.05) is 38.1 Å². The van der Waals surface area contributed by atoms with Crippen LogP contribution in [0.1, 0.15) is 36.6 Å². The van der Waals surface area contributed by atoms with Crippen LogP contribution in [0.15, 0.2) is 80.6 Å². The summed E-state index contributed by atoms with van der Waals surface area (Å²) in [6, 6.07) is 15.8. The Morgan fingerprint density at radius 2 is 1.73 bits per heavy atom. The normalized spacial score (nSPS) is 14.2. The molecule has 4 aromatic rings. The maximum atomic E-state index is 14.0. The summed E-state index contributed by atoms with van der Waals surface area (Å²) in [7, 11) is 2.82. The number of fused-ring (bicyclic) bond motifs is 1. The number of thiazole rings is 1. The number of carbonyl (C=O) groups is 1. The second kappa shape index (κ2) is 14.4. The van der Waals surface area contributed by atoms with Gasteiger partial charge in [0.1, 0.15) is 6.61 Å². The highest BCUT2D eigenvalue weighted by Crippen LogP contribution is 2.38. The van der Waals surface area contributed by atoms with Crippen LogP contribution in [0.25, 0.3) is 6.08 Å². The molecule has 1 atom stereocenters. The third-order valence-corrected chi connectivity index (χ3v) is 8.66. The standard InChI is InChI=1S/C33H30BrClN2O7S/c1-5-42-25-12-9-21(16-26(25)43-6-2)29-23(32(39)41-4)17-36-33-37(29)31(38)28(45-33)15-20-13-24(35)30(27(14-20)40-3)44-18-19-7-10-22(34)11-8-19/h7-17,29H,5-6,18H2,1-4H3/b28-15-/t29-/m0/s1. The largest absolute Gasteiger partial charge is 0.493 e. The summed E-state index contributed by atoms with van der Waals surface area (Å²) >= 11 is 11.3. The van der Waals surface area contributed by atoms with Crippen LogP contribution in [0.2, 0.25) is 5.02 Å². The molecule has 12 heteroatoms. The summed E-state index contributed by atoms with van der Waals surface area (Å²) in [6.07, 6.45) is 3.15. The van der Waals surface area contributed by atoms with Gasteiger partial charge in [-0.1, -0.05) is 57.1 Å². The van der Waals surface area contributed by atoms with Crippen LogP contribution in [0.5, 0.6) is 23.0 Å². The fourth-order valence-corrected chi connectivity index (χ4v) is 6.35. The number of nitrogens with zero attached hydrogens (tertiary/aromatic N) is 2. The molecule has 0 radical (unpaired) electrons. The predicted molar refractivity (Wildman–Crippen MR) is 176 cm³/mol. The molecule has 5 rings (SSSR count). The smallest absolute Gasteiger partial charge is 0.337 e. The lowest BCUT2D eigenvalue weighted by molar-refractivity contribution is -0.136. The highest BCUT2D eigenvalue weighted by molar-refractivity contribution is 9.10. The summed E-state index contributed by atoms with van der Waals surface area (Å²) < 4.78 is 31.0. The molecule has 1 aromatic heterocycles. The summed E-state index contributed by atoms with van der Waals surface area (Å²) in [5.41, 5.74) is 2.10. The zero-order valence-electron chi connectivity index (χ0n) is 25.0. The van der Waals surface area contributed by atoms with E-state index in [0.717, 1.165) is 10.0 Å². The number of benzene rings is 3. The van der Waals surface area contributed by atoms with Crippen molar-refractivity contribution in [2.75, 3.05) is 27.4 Å². The van der Waals surface area contributed by atoms with Crippen LogP contribution in [0.3, 0.4) is 0 Å². The number of hydrogen-bond acceptors (Lipinski definition) is 9. The first kappa shape index (κ1) is 32.3. The van der Waals surface area contributed by atoms with Gasteiger partial charge in [0, 0.05) is 10.7 Å². The second-order valence-corrected chi connectivity index (χ2v) is 12.0. The zero-order valence-corrected chi connectivity index (χ0v) is 28.1. The van der Waals surface area contributed by atoms with E-state index in [0.29, 0.717) is 68.3 Å². The average Bonchev–Trinajstić information content (AvgIpc) is 3.35. The minimum atomic E-state index is -0.807. The number of rotatable bonds is 11. The molecule has 9 nitrogen and oxygen atoms in total. The minimum absolute atomic E-state index is 0.208. The van der Waals surface area contributed by atoms with Gasteiger partial charge in [0.15, 0.2) is 27.8 Å². The highest BCUT2D eigenvalue weighted by atomic mass is 79.9. The molecule has 0 amide bonds. The Bertz CT molecular complexity index is 1940. The number of esters is 1. The zero-order chi connectivity index (χ0) is 32.1. The lowest BCUT2D eigenvalue weighted by Gasteiger charge is -2.23. The molecule has 1 aliphatic rings. The number of halogens is 2. The lowest BCUT2D eigenvalue weighted by Crippen LogP contribution is -2.39. The topological polar surface area (TPSA) is 97.6 Å². The average molecular weight is 714 g/mol. The van der Waals surface area contributed by atoms with Crippen molar-refractivity contribution in [3.8, 4) is 23.0 Å². The first-order valence-electron chi connectivity index (χ1n) is 14.0. The maximum absolute atomic E-state index is 14.0. The molecule has 0 saturated heterocycles. The molecule has 0 aliphatic carbocycles. The molecule has 0 fully saturated rings. The molecule has 45 heavy (non-hydrogen) atoms. The number of ether oxygens (including phenoxy) is 5. The van der Waals surface area contributed by atoms with Crippen molar-refractivity contribution in [1.82, 2.24) is 4.57 Å². The first-order chi connectivity index (χ1) is 21.8. The molecule has 1 aliphatic heterocycles. The van der Waals surface area contributed by atoms with Gasteiger partial charge < -0.3 is 23.7 Å². The van der Waals surface area contributed by atoms with Gasteiger partial charge in [-0.3, -0.25) is 9.36 Å². The molecular weight excluding hydrogens is 684 g/mol. The molecule has 3 aromatic carbocycles. The van der Waals surface area contributed by atoms with E-state index >= 15 is 0 Å². The van der Waals surface area contributed by atoms with Crippen LogP contribution in [0, 0.1) is 0 Å². The first-order valence-corrected chi connectivity index (χ1v) is 16.0. The summed E-state index contributed by atoms with van der Waals surface area (Å²) in [5, 5.41) is 0.328. The van der Waals surface area contributed by atoms with E-state index in [2.05, 4.69) is 20.9 Å². The van der Waals surface area contributed by atoms with Crippen LogP contribution in [0.4, 0.5) is 0 Å². The fourth-order valence-electron chi connectivity index (χ4n) is 4.84. The Balaban J connectivity index is 1.56. The third-order valence-electron chi connectivity index (χ3n) is 6.85. The third kappa shape index (κ3) is 6.95. The molecule has 234 valence electrons. The van der Waals surface area contributed by atoms with E-state index in [1.165, 1.54) is 36.3 Å². The molecule has 0 saturated carbocycles. The fraction of sp³-hybridized carbons (Fsp3) is 0.242. The van der Waals surface area contributed by atoms with Crippen molar-refractivity contribution in [2.45, 2.75) is 26.5 Å². The van der Waals surface area contributed by atoms with Gasteiger partial charge in [-0.05, 0) is 73.0 Å². The van der Waals surface area contributed by atoms with Crippen molar-refractivity contribution >= 4 is 50.9 Å². The quantitative estimate of drug-likeness (QED) is 0.181. The highest BCUT2D eigenvalue weighted by Gasteiger charge is 2.31. The van der Waals surface area contributed by atoms with Crippen molar-refractivity contribution < 1.29 is 28.5 Å². The molecule has 0 spiro atoms. The molecule has 2 heterocycles. The summed E-state index contributed by atoms with van der Waals surface area (Å²) in [4.78, 5) is 31.7. The number of aromatic nitrogens is 1. The van der Waals surface area contributed by atoms with Gasteiger partial charge in [0.2, 0.25) is 0 Å². The van der Waals surface area contributed by atoms with Gasteiger partial charge in [0.25, 0.3) is 5.56 Å². The monoisotopic (exact) mass is 712 g/mol. The Morgan fingerprint density at radius 3 is 2.42 bits per heavy atom. The van der Waals surface area contributed by atoms with Gasteiger partial charge in [-0.2, -0.15) is 0 Å². The SMILES string of the molecule is CCOc1ccc([C@H]2C(C(=O)OC)=CN=c3s/c(=C\c4cc(Cl)c(OCc5ccc(Br)cc5)c(OC)c4)c(=O)n32)cc1OCC. The summed E-state index contributed by atoms with van der Waals surface area (Å²) in [6.45, 7) is 4.91. The van der Waals surface area contributed by atoms with E-state index < -0.39 is 12.0 Å². The minimum Gasteiger partial charge on any atom is -0.493 e. The van der Waals surface area contributed by atoms with E-state index in [9.17, 15) is 9.59 Å². The number of methoxy groups -OCH3 is 2. The molecule has 0 N–H and O–H groups in total. The van der Waals surface area contributed by atoms with Crippen molar-refractivity contribution in [1.29, 1.82) is 0 Å². The molecule has 0 bridgehead atoms. The Hall–Kier alpha value is -4.06. The van der Waals surface area contributed by atoms with E-state index in [-0.39, 0.29) is 11.1 Å². The molecule has 0 unspecified atom stereocenters. The Kier molecular flexibility index (Phi) is 10.3. The van der Waals surface area contributed by atoms with Crippen molar-refractivity contribution in [3.05, 3.63) is 112 Å². The summed E-state index contributed by atoms with van der Waals surface area (Å²) in [5.74, 6) is 1.28. The van der Waals surface area contributed by atoms with Crippen LogP contribution >= 0.6 is 38.9 Å². The van der Waals surface area contributed by atoms with Gasteiger partial charge >= 0.3 is 5.97 Å². The van der Waals surface area contributed by atoms with Crippen LogP contribution < -0.4 is 33.8 Å². The number of hydrogen-bond donors (Lipinski definition) is 0. The maximum Gasteiger partial charge on any atom is 0.337 e. The van der Waals surface area contributed by atoms with Gasteiger partial charge in [-0.15, -0.1) is 0 Å². The van der Waals surface area contributed by atoms with E-state index in [1.54, 1.807) is 36.4 Å².